The van der Waals surface area contributed by atoms with Crippen LogP contribution in [0.4, 0.5) is 23.7 Å². The maximum atomic E-state index is 13.1. The number of nitrogens with zero attached hydrogens (tertiary/aromatic N) is 1. The van der Waals surface area contributed by atoms with Crippen molar-refractivity contribution in [2.75, 3.05) is 11.9 Å². The molecule has 156 valence electrons. The Morgan fingerprint density at radius 2 is 1.77 bits per heavy atom. The number of hydrogen-bond donors (Lipinski definition) is 1. The van der Waals surface area contributed by atoms with E-state index >= 15 is 0 Å². The summed E-state index contributed by atoms with van der Waals surface area (Å²) in [6.07, 6.45) is -2.24. The third-order valence-electron chi connectivity index (χ3n) is 4.37. The van der Waals surface area contributed by atoms with Crippen molar-refractivity contribution in [2.24, 2.45) is 0 Å². The maximum Gasteiger partial charge on any atom is 0.418 e. The Kier molecular flexibility index (Phi) is 6.31. The van der Waals surface area contributed by atoms with E-state index in [4.69, 9.17) is 0 Å². The van der Waals surface area contributed by atoms with Gasteiger partial charge >= 0.3 is 6.18 Å². The lowest BCUT2D eigenvalue weighted by molar-refractivity contribution is -0.137. The second-order valence-corrected chi connectivity index (χ2v) is 7.45. The van der Waals surface area contributed by atoms with Crippen molar-refractivity contribution in [3.05, 3.63) is 70.1 Å². The van der Waals surface area contributed by atoms with E-state index in [9.17, 15) is 27.6 Å². The molecule has 1 aliphatic heterocycles. The molecule has 2 aromatic rings. The van der Waals surface area contributed by atoms with Crippen molar-refractivity contribution >= 4 is 40.6 Å². The fourth-order valence-corrected chi connectivity index (χ4v) is 3.65. The van der Waals surface area contributed by atoms with Gasteiger partial charge in [0.05, 0.1) is 16.2 Å². The molecule has 0 atom stereocenters. The van der Waals surface area contributed by atoms with E-state index in [-0.39, 0.29) is 4.91 Å². The number of hydrogen-bond acceptors (Lipinski definition) is 4. The smallest absolute Gasteiger partial charge is 0.324 e. The van der Waals surface area contributed by atoms with Crippen LogP contribution in [0.2, 0.25) is 0 Å². The molecular formula is C21H17F3N2O3S. The molecule has 1 heterocycles. The van der Waals surface area contributed by atoms with E-state index in [1.807, 2.05) is 31.2 Å². The molecule has 1 N–H and O–H groups in total. The Morgan fingerprint density at radius 1 is 1.10 bits per heavy atom. The first-order valence-corrected chi connectivity index (χ1v) is 9.81. The van der Waals surface area contributed by atoms with Crippen molar-refractivity contribution < 1.29 is 27.6 Å². The molecule has 5 nitrogen and oxygen atoms in total. The molecule has 0 radical (unpaired) electrons. The van der Waals surface area contributed by atoms with E-state index in [1.165, 1.54) is 12.1 Å². The number of halogens is 3. The van der Waals surface area contributed by atoms with Gasteiger partial charge in [-0.15, -0.1) is 0 Å². The highest BCUT2D eigenvalue weighted by molar-refractivity contribution is 8.18. The summed E-state index contributed by atoms with van der Waals surface area (Å²) in [5.74, 6) is -1.56. The SMILES string of the molecule is CCc1ccc(/C=C2\SC(=O)N(CC(=O)Nc3ccccc3C(F)(F)F)C2=O)cc1. The molecule has 0 spiro atoms. The number of rotatable bonds is 5. The lowest BCUT2D eigenvalue weighted by Crippen LogP contribution is -2.36. The maximum absolute atomic E-state index is 13.1. The Balaban J connectivity index is 1.71. The average Bonchev–Trinajstić information content (AvgIpc) is 2.95. The van der Waals surface area contributed by atoms with Gasteiger partial charge in [-0.25, -0.2) is 0 Å². The zero-order chi connectivity index (χ0) is 21.9. The van der Waals surface area contributed by atoms with Gasteiger partial charge < -0.3 is 5.32 Å². The third-order valence-corrected chi connectivity index (χ3v) is 5.27. The predicted molar refractivity (Wildman–Crippen MR) is 109 cm³/mol. The van der Waals surface area contributed by atoms with Gasteiger partial charge in [0.25, 0.3) is 11.1 Å². The molecule has 0 aromatic heterocycles. The molecule has 0 aliphatic carbocycles. The van der Waals surface area contributed by atoms with Gasteiger partial charge in [0.1, 0.15) is 6.54 Å². The topological polar surface area (TPSA) is 66.5 Å². The molecule has 3 amide bonds. The first-order chi connectivity index (χ1) is 14.2. The van der Waals surface area contributed by atoms with E-state index in [0.29, 0.717) is 16.7 Å². The highest BCUT2D eigenvalue weighted by Gasteiger charge is 2.37. The molecule has 0 unspecified atom stereocenters. The van der Waals surface area contributed by atoms with Crippen molar-refractivity contribution in [1.82, 2.24) is 4.90 Å². The molecule has 30 heavy (non-hydrogen) atoms. The number of para-hydroxylation sites is 1. The van der Waals surface area contributed by atoms with E-state index < -0.39 is 41.0 Å². The molecule has 2 aromatic carbocycles. The van der Waals surface area contributed by atoms with Gasteiger partial charge in [-0.2, -0.15) is 13.2 Å². The fraction of sp³-hybridized carbons (Fsp3) is 0.190. The third kappa shape index (κ3) is 4.91. The summed E-state index contributed by atoms with van der Waals surface area (Å²) < 4.78 is 39.2. The largest absolute Gasteiger partial charge is 0.418 e. The van der Waals surface area contributed by atoms with Gasteiger partial charge in [-0.3, -0.25) is 19.3 Å². The Hall–Kier alpha value is -3.07. The minimum atomic E-state index is -4.65. The molecule has 1 saturated heterocycles. The molecule has 1 aliphatic rings. The second kappa shape index (κ2) is 8.74. The number of imide groups is 1. The standard InChI is InChI=1S/C21H17F3N2O3S/c1-2-13-7-9-14(10-8-13)11-17-19(28)26(20(29)30-17)12-18(27)25-16-6-4-3-5-15(16)21(22,23)24/h3-11H,2,12H2,1H3,(H,25,27)/b17-11-. The number of anilines is 1. The first-order valence-electron chi connectivity index (χ1n) is 8.99. The average molecular weight is 434 g/mol. The van der Waals surface area contributed by atoms with Crippen LogP contribution in [0.1, 0.15) is 23.6 Å². The van der Waals surface area contributed by atoms with Crippen LogP contribution in [0.3, 0.4) is 0 Å². The summed E-state index contributed by atoms with van der Waals surface area (Å²) in [6.45, 7) is 1.33. The first kappa shape index (κ1) is 21.6. The van der Waals surface area contributed by atoms with Gasteiger partial charge in [-0.05, 0) is 47.5 Å². The van der Waals surface area contributed by atoms with Crippen LogP contribution in [-0.4, -0.2) is 28.5 Å². The second-order valence-electron chi connectivity index (χ2n) is 6.45. The monoisotopic (exact) mass is 434 g/mol. The normalized spacial score (nSPS) is 15.7. The van der Waals surface area contributed by atoms with Crippen LogP contribution < -0.4 is 5.32 Å². The predicted octanol–water partition coefficient (Wildman–Crippen LogP) is 4.94. The van der Waals surface area contributed by atoms with Gasteiger partial charge in [0.2, 0.25) is 5.91 Å². The molecule has 0 bridgehead atoms. The summed E-state index contributed by atoms with van der Waals surface area (Å²) in [4.78, 5) is 37.8. The zero-order valence-corrected chi connectivity index (χ0v) is 16.6. The highest BCUT2D eigenvalue weighted by Crippen LogP contribution is 2.35. The minimum absolute atomic E-state index is 0.146. The summed E-state index contributed by atoms with van der Waals surface area (Å²) in [5, 5.41) is 1.47. The van der Waals surface area contributed by atoms with E-state index in [1.54, 1.807) is 6.08 Å². The lowest BCUT2D eigenvalue weighted by Gasteiger charge is -2.15. The van der Waals surface area contributed by atoms with Crippen LogP contribution >= 0.6 is 11.8 Å². The summed E-state index contributed by atoms with van der Waals surface area (Å²) in [5.41, 5.74) is 0.397. The number of benzene rings is 2. The number of nitrogens with one attached hydrogen (secondary N) is 1. The highest BCUT2D eigenvalue weighted by atomic mass is 32.2. The van der Waals surface area contributed by atoms with E-state index in [2.05, 4.69) is 5.32 Å². The lowest BCUT2D eigenvalue weighted by atomic mass is 10.1. The summed E-state index contributed by atoms with van der Waals surface area (Å²) in [6, 6.07) is 11.9. The minimum Gasteiger partial charge on any atom is -0.324 e. The Bertz CT molecular complexity index is 1020. The summed E-state index contributed by atoms with van der Waals surface area (Å²) >= 11 is 0.681. The number of carbonyl (C=O) groups is 3. The Morgan fingerprint density at radius 3 is 2.40 bits per heavy atom. The molecule has 0 saturated carbocycles. The van der Waals surface area contributed by atoms with Crippen LogP contribution in [0.5, 0.6) is 0 Å². The van der Waals surface area contributed by atoms with Crippen molar-refractivity contribution in [3.63, 3.8) is 0 Å². The van der Waals surface area contributed by atoms with Crippen LogP contribution in [0.15, 0.2) is 53.4 Å². The van der Waals surface area contributed by atoms with Crippen molar-refractivity contribution in [1.29, 1.82) is 0 Å². The number of aryl methyl sites for hydroxylation is 1. The van der Waals surface area contributed by atoms with Gasteiger partial charge in [0.15, 0.2) is 0 Å². The molecular weight excluding hydrogens is 417 g/mol. The van der Waals surface area contributed by atoms with Crippen LogP contribution in [-0.2, 0) is 22.2 Å². The van der Waals surface area contributed by atoms with E-state index in [0.717, 1.165) is 29.7 Å². The van der Waals surface area contributed by atoms with Crippen LogP contribution in [0.25, 0.3) is 6.08 Å². The number of thioether (sulfide) groups is 1. The van der Waals surface area contributed by atoms with Gasteiger partial charge in [0, 0.05) is 0 Å². The van der Waals surface area contributed by atoms with Crippen molar-refractivity contribution in [2.45, 2.75) is 19.5 Å². The molecule has 9 heteroatoms. The Labute approximate surface area is 174 Å². The molecule has 1 fully saturated rings. The van der Waals surface area contributed by atoms with Crippen molar-refractivity contribution in [3.8, 4) is 0 Å². The van der Waals surface area contributed by atoms with Gasteiger partial charge in [-0.1, -0.05) is 43.3 Å². The fourth-order valence-electron chi connectivity index (χ4n) is 2.81. The van der Waals surface area contributed by atoms with Crippen LogP contribution in [0, 0.1) is 0 Å². The number of alkyl halides is 3. The summed E-state index contributed by atoms with van der Waals surface area (Å²) in [7, 11) is 0. The molecule has 3 rings (SSSR count). The quantitative estimate of drug-likeness (QED) is 0.677. The number of carbonyl (C=O) groups excluding carboxylic acids is 3. The zero-order valence-electron chi connectivity index (χ0n) is 15.8. The number of amides is 3.